The second-order valence-corrected chi connectivity index (χ2v) is 5.42. The van der Waals surface area contributed by atoms with Gasteiger partial charge in [0, 0.05) is 0 Å². The molecule has 0 unspecified atom stereocenters. The standard InChI is InChI=1S/C12H9NO2Se/c13-11-9(12(14)15)6-7-10(16-11)8-4-2-1-3-5-8/h1-7,13H,(H,14,15). The van der Waals surface area contributed by atoms with Crippen molar-refractivity contribution in [3.63, 3.8) is 0 Å². The molecule has 0 fully saturated rings. The molecule has 0 saturated heterocycles. The zero-order valence-electron chi connectivity index (χ0n) is 8.31. The summed E-state index contributed by atoms with van der Waals surface area (Å²) in [5.74, 6) is -1.02. The van der Waals surface area contributed by atoms with Gasteiger partial charge in [0.2, 0.25) is 0 Å². The van der Waals surface area contributed by atoms with Crippen molar-refractivity contribution >= 4 is 20.5 Å². The Morgan fingerprint density at radius 1 is 1.12 bits per heavy atom. The van der Waals surface area contributed by atoms with E-state index in [2.05, 4.69) is 0 Å². The number of rotatable bonds is 2. The Balaban J connectivity index is 2.51. The predicted molar refractivity (Wildman–Crippen MR) is 61.6 cm³/mol. The van der Waals surface area contributed by atoms with Crippen molar-refractivity contribution in [2.24, 2.45) is 0 Å². The number of aromatic carboxylic acids is 1. The molecule has 2 N–H and O–H groups in total. The Bertz CT molecular complexity index is 575. The zero-order chi connectivity index (χ0) is 11.5. The molecule has 0 aliphatic heterocycles. The fraction of sp³-hybridized carbons (Fsp3) is 0. The van der Waals surface area contributed by atoms with Gasteiger partial charge in [0.25, 0.3) is 0 Å². The maximum atomic E-state index is 10.8. The van der Waals surface area contributed by atoms with Crippen LogP contribution in [-0.2, 0) is 0 Å². The second-order valence-electron chi connectivity index (χ2n) is 3.21. The van der Waals surface area contributed by atoms with Gasteiger partial charge in [-0.2, -0.15) is 0 Å². The van der Waals surface area contributed by atoms with E-state index >= 15 is 0 Å². The molecular weight excluding hydrogens is 269 g/mol. The van der Waals surface area contributed by atoms with Gasteiger partial charge in [-0.3, -0.25) is 0 Å². The quantitative estimate of drug-likeness (QED) is 0.819. The van der Waals surface area contributed by atoms with Crippen LogP contribution < -0.4 is 4.23 Å². The van der Waals surface area contributed by atoms with E-state index in [0.29, 0.717) is 0 Å². The number of benzene rings is 1. The first-order valence-electron chi connectivity index (χ1n) is 4.66. The van der Waals surface area contributed by atoms with Crippen molar-refractivity contribution in [3.05, 3.63) is 52.3 Å². The van der Waals surface area contributed by atoms with Crippen LogP contribution in [0.4, 0.5) is 0 Å². The molecule has 2 rings (SSSR count). The summed E-state index contributed by atoms with van der Waals surface area (Å²) in [5.41, 5.74) is 1.17. The Morgan fingerprint density at radius 3 is 2.38 bits per heavy atom. The SMILES string of the molecule is N=c1[se]c(-c2ccccc2)ccc1C(=O)O. The summed E-state index contributed by atoms with van der Waals surface area (Å²) in [6, 6.07) is 13.1. The van der Waals surface area contributed by atoms with Crippen LogP contribution in [0.25, 0.3) is 10.0 Å². The molecule has 2 aromatic rings. The van der Waals surface area contributed by atoms with E-state index in [1.165, 1.54) is 6.07 Å². The van der Waals surface area contributed by atoms with Crippen LogP contribution in [0.15, 0.2) is 42.5 Å². The molecule has 0 atom stereocenters. The van der Waals surface area contributed by atoms with Gasteiger partial charge in [-0.05, 0) is 0 Å². The molecule has 0 aliphatic rings. The van der Waals surface area contributed by atoms with Crippen LogP contribution in [0.5, 0.6) is 0 Å². The van der Waals surface area contributed by atoms with E-state index in [1.54, 1.807) is 6.07 Å². The normalized spacial score (nSPS) is 10.0. The molecule has 1 aromatic carbocycles. The average molecular weight is 278 g/mol. The van der Waals surface area contributed by atoms with Gasteiger partial charge in [0.15, 0.2) is 0 Å². The Hall–Kier alpha value is -1.64. The summed E-state index contributed by atoms with van der Waals surface area (Å²) in [6.45, 7) is 0. The van der Waals surface area contributed by atoms with Crippen molar-refractivity contribution < 1.29 is 9.90 Å². The van der Waals surface area contributed by atoms with Gasteiger partial charge in [0.1, 0.15) is 0 Å². The number of carboxylic acids is 1. The fourth-order valence-electron chi connectivity index (χ4n) is 1.36. The molecule has 0 bridgehead atoms. The minimum atomic E-state index is -1.02. The minimum absolute atomic E-state index is 0.111. The molecule has 1 aromatic heterocycles. The fourth-order valence-corrected chi connectivity index (χ4v) is 3.20. The molecule has 80 valence electrons. The van der Waals surface area contributed by atoms with E-state index in [0.717, 1.165) is 10.0 Å². The summed E-state index contributed by atoms with van der Waals surface area (Å²) >= 11 is -0.218. The first-order chi connectivity index (χ1) is 7.68. The molecule has 0 amide bonds. The van der Waals surface area contributed by atoms with Crippen LogP contribution in [0.2, 0.25) is 0 Å². The predicted octanol–water partition coefficient (Wildman–Crippen LogP) is 1.59. The third kappa shape index (κ3) is 2.13. The molecular formula is C12H9NO2Se. The van der Waals surface area contributed by atoms with E-state index in [9.17, 15) is 4.79 Å². The second kappa shape index (κ2) is 4.47. The number of carboxylic acid groups (broad SMARTS) is 1. The van der Waals surface area contributed by atoms with Crippen LogP contribution in [0.1, 0.15) is 10.4 Å². The van der Waals surface area contributed by atoms with Crippen molar-refractivity contribution in [1.82, 2.24) is 0 Å². The van der Waals surface area contributed by atoms with Gasteiger partial charge in [-0.25, -0.2) is 0 Å². The Labute approximate surface area is 98.3 Å². The zero-order valence-corrected chi connectivity index (χ0v) is 10.0. The first-order valence-corrected chi connectivity index (χ1v) is 6.37. The molecule has 1 heterocycles. The molecule has 0 spiro atoms. The summed E-state index contributed by atoms with van der Waals surface area (Å²) in [6.07, 6.45) is 0. The first kappa shape index (κ1) is 10.9. The molecule has 3 nitrogen and oxygen atoms in total. The van der Waals surface area contributed by atoms with Crippen molar-refractivity contribution in [2.75, 3.05) is 0 Å². The van der Waals surface area contributed by atoms with Gasteiger partial charge in [-0.15, -0.1) is 0 Å². The Morgan fingerprint density at radius 2 is 1.81 bits per heavy atom. The van der Waals surface area contributed by atoms with E-state index in [-0.39, 0.29) is 24.3 Å². The monoisotopic (exact) mass is 279 g/mol. The van der Waals surface area contributed by atoms with E-state index in [1.807, 2.05) is 30.3 Å². The molecule has 4 heteroatoms. The average Bonchev–Trinajstić information content (AvgIpc) is 2.29. The van der Waals surface area contributed by atoms with Gasteiger partial charge >= 0.3 is 98.0 Å². The third-order valence-electron chi connectivity index (χ3n) is 2.15. The van der Waals surface area contributed by atoms with Crippen LogP contribution in [-0.4, -0.2) is 25.6 Å². The van der Waals surface area contributed by atoms with Crippen LogP contribution >= 0.6 is 0 Å². The summed E-state index contributed by atoms with van der Waals surface area (Å²) in [7, 11) is 0. The summed E-state index contributed by atoms with van der Waals surface area (Å²) in [5, 5.41) is 16.5. The number of hydrogen-bond donors (Lipinski definition) is 2. The molecule has 0 radical (unpaired) electrons. The Kier molecular flexibility index (Phi) is 3.04. The van der Waals surface area contributed by atoms with Gasteiger partial charge < -0.3 is 0 Å². The number of hydrogen-bond acceptors (Lipinski definition) is 2. The van der Waals surface area contributed by atoms with Crippen molar-refractivity contribution in [3.8, 4) is 10.0 Å². The maximum absolute atomic E-state index is 10.8. The molecule has 0 aliphatic carbocycles. The van der Waals surface area contributed by atoms with Crippen molar-refractivity contribution in [1.29, 1.82) is 5.41 Å². The molecule has 0 saturated carbocycles. The summed E-state index contributed by atoms with van der Waals surface area (Å²) in [4.78, 5) is 10.8. The van der Waals surface area contributed by atoms with Gasteiger partial charge in [0.05, 0.1) is 0 Å². The number of nitrogens with one attached hydrogen (secondary N) is 1. The third-order valence-corrected chi connectivity index (χ3v) is 4.28. The summed E-state index contributed by atoms with van der Waals surface area (Å²) < 4.78 is 1.27. The molecule has 16 heavy (non-hydrogen) atoms. The van der Waals surface area contributed by atoms with Crippen LogP contribution in [0, 0.1) is 5.41 Å². The van der Waals surface area contributed by atoms with Gasteiger partial charge in [-0.1, -0.05) is 0 Å². The topological polar surface area (TPSA) is 61.2 Å². The number of carbonyl (C=O) groups is 1. The van der Waals surface area contributed by atoms with Crippen molar-refractivity contribution in [2.45, 2.75) is 0 Å². The van der Waals surface area contributed by atoms with Crippen LogP contribution in [0.3, 0.4) is 0 Å². The van der Waals surface area contributed by atoms with E-state index < -0.39 is 5.97 Å². The van der Waals surface area contributed by atoms with E-state index in [4.69, 9.17) is 10.5 Å².